The van der Waals surface area contributed by atoms with Gasteiger partial charge in [0.1, 0.15) is 5.76 Å². The highest BCUT2D eigenvalue weighted by Crippen LogP contribution is 2.26. The zero-order chi connectivity index (χ0) is 19.6. The number of carbonyl (C=O) groups is 1. The van der Waals surface area contributed by atoms with Crippen LogP contribution in [0, 0.1) is 0 Å². The number of ether oxygens (including phenoxy) is 1. The Balaban J connectivity index is 2.15. The number of rotatable bonds is 8. The second-order valence-electron chi connectivity index (χ2n) is 5.21. The lowest BCUT2D eigenvalue weighted by atomic mass is 10.1. The van der Waals surface area contributed by atoms with Crippen molar-refractivity contribution < 1.29 is 27.9 Å². The highest BCUT2D eigenvalue weighted by atomic mass is 19.2. The fraction of sp³-hybridized carbons (Fsp3) is 0.0526. The molecule has 1 aromatic heterocycles. The molecule has 0 fully saturated rings. The number of nitrogens with zero attached hydrogens (tertiary/aromatic N) is 1. The Labute approximate surface area is 155 Å². The number of phenols is 1. The summed E-state index contributed by atoms with van der Waals surface area (Å²) in [6, 6.07) is 7.94. The quantitative estimate of drug-likeness (QED) is 0.330. The molecule has 0 amide bonds. The van der Waals surface area contributed by atoms with Crippen molar-refractivity contribution in [3.8, 4) is 11.5 Å². The van der Waals surface area contributed by atoms with Crippen molar-refractivity contribution in [1.82, 2.24) is 4.98 Å². The first-order valence-electron chi connectivity index (χ1n) is 7.81. The molecular weight excluding hydrogens is 355 g/mol. The van der Waals surface area contributed by atoms with Crippen LogP contribution < -0.4 is 4.74 Å². The van der Waals surface area contributed by atoms with Gasteiger partial charge in [0.05, 0.1) is 7.11 Å². The van der Waals surface area contributed by atoms with Crippen LogP contribution in [0.25, 0.3) is 12.2 Å². The van der Waals surface area contributed by atoms with E-state index in [0.29, 0.717) is 11.1 Å². The van der Waals surface area contributed by atoms with Gasteiger partial charge in [-0.05, 0) is 47.6 Å². The van der Waals surface area contributed by atoms with Crippen molar-refractivity contribution >= 4 is 25.4 Å². The summed E-state index contributed by atoms with van der Waals surface area (Å²) in [6.45, 7) is 0. The molecular formula is C19H16BF2NO4. The predicted octanol–water partition coefficient (Wildman–Crippen LogP) is 3.92. The van der Waals surface area contributed by atoms with Gasteiger partial charge >= 0.3 is 7.47 Å². The molecule has 0 aliphatic heterocycles. The normalized spacial score (nSPS) is 11.7. The maximum Gasteiger partial charge on any atom is 0.796 e. The fourth-order valence-corrected chi connectivity index (χ4v) is 2.04. The lowest BCUT2D eigenvalue weighted by Crippen LogP contribution is -2.04. The van der Waals surface area contributed by atoms with E-state index in [4.69, 9.17) is 4.74 Å². The Morgan fingerprint density at radius 3 is 2.63 bits per heavy atom. The number of pyridine rings is 1. The zero-order valence-corrected chi connectivity index (χ0v) is 14.4. The summed E-state index contributed by atoms with van der Waals surface area (Å²) in [5.74, 6) is -0.615. The predicted molar refractivity (Wildman–Crippen MR) is 99.1 cm³/mol. The lowest BCUT2D eigenvalue weighted by molar-refractivity contribution is -0.110. The minimum absolute atomic E-state index is 0.0333. The topological polar surface area (TPSA) is 68.7 Å². The number of methoxy groups -OCH3 is 1. The minimum Gasteiger partial charge on any atom is -0.505 e. The van der Waals surface area contributed by atoms with Gasteiger partial charge < -0.3 is 14.5 Å². The van der Waals surface area contributed by atoms with Crippen LogP contribution in [0.5, 0.6) is 11.5 Å². The molecule has 0 radical (unpaired) electrons. The number of aromatic hydroxyl groups is 1. The molecule has 1 N–H and O–H groups in total. The molecule has 0 atom stereocenters. The molecule has 2 rings (SSSR count). The average molecular weight is 371 g/mol. The molecule has 27 heavy (non-hydrogen) atoms. The molecule has 0 aliphatic carbocycles. The van der Waals surface area contributed by atoms with Crippen LogP contribution in [-0.2, 0) is 9.45 Å². The summed E-state index contributed by atoms with van der Waals surface area (Å²) in [6.07, 6.45) is 9.49. The summed E-state index contributed by atoms with van der Waals surface area (Å²) in [7, 11) is -1.66. The van der Waals surface area contributed by atoms with E-state index in [1.807, 2.05) is 0 Å². The molecule has 1 aromatic carbocycles. The van der Waals surface area contributed by atoms with E-state index < -0.39 is 13.3 Å². The summed E-state index contributed by atoms with van der Waals surface area (Å²) in [5, 5.41) is 9.54. The molecule has 138 valence electrons. The highest BCUT2D eigenvalue weighted by molar-refractivity contribution is 6.35. The monoisotopic (exact) mass is 371 g/mol. The van der Waals surface area contributed by atoms with Crippen LogP contribution in [-0.4, -0.2) is 30.5 Å². The van der Waals surface area contributed by atoms with E-state index >= 15 is 0 Å². The average Bonchev–Trinajstić information content (AvgIpc) is 2.66. The third kappa shape index (κ3) is 6.77. The number of hydrogen-bond acceptors (Lipinski definition) is 5. The second-order valence-corrected chi connectivity index (χ2v) is 5.21. The number of benzene rings is 1. The Hall–Kier alpha value is -3.42. The van der Waals surface area contributed by atoms with Gasteiger partial charge in [-0.1, -0.05) is 18.2 Å². The van der Waals surface area contributed by atoms with Gasteiger partial charge in [0, 0.05) is 18.5 Å². The molecule has 8 heteroatoms. The van der Waals surface area contributed by atoms with Gasteiger partial charge in [0.25, 0.3) is 0 Å². The summed E-state index contributed by atoms with van der Waals surface area (Å²) >= 11 is 0. The molecule has 0 saturated heterocycles. The minimum atomic E-state index is -3.06. The van der Waals surface area contributed by atoms with Crippen LogP contribution >= 0.6 is 0 Å². The molecule has 0 spiro atoms. The van der Waals surface area contributed by atoms with Gasteiger partial charge in [-0.2, -0.15) is 0 Å². The van der Waals surface area contributed by atoms with Crippen LogP contribution in [0.15, 0.2) is 66.7 Å². The Morgan fingerprint density at radius 2 is 1.96 bits per heavy atom. The lowest BCUT2D eigenvalue weighted by Gasteiger charge is -2.04. The fourth-order valence-electron chi connectivity index (χ4n) is 2.04. The largest absolute Gasteiger partial charge is 0.796 e. The Bertz CT molecular complexity index is 867. The molecule has 0 bridgehead atoms. The van der Waals surface area contributed by atoms with E-state index in [1.165, 1.54) is 49.7 Å². The number of ketones is 1. The third-order valence-corrected chi connectivity index (χ3v) is 3.28. The maximum absolute atomic E-state index is 12.6. The van der Waals surface area contributed by atoms with Gasteiger partial charge in [0.15, 0.2) is 17.3 Å². The Kier molecular flexibility index (Phi) is 7.31. The first kappa shape index (κ1) is 19.9. The van der Waals surface area contributed by atoms with Crippen LogP contribution in [0.2, 0.25) is 0 Å². The first-order valence-corrected chi connectivity index (χ1v) is 7.81. The number of allylic oxidation sites excluding steroid dienone is 3. The van der Waals surface area contributed by atoms with Gasteiger partial charge in [-0.3, -0.25) is 9.78 Å². The Morgan fingerprint density at radius 1 is 1.19 bits per heavy atom. The summed E-state index contributed by atoms with van der Waals surface area (Å²) < 4.78 is 34.5. The van der Waals surface area contributed by atoms with Crippen LogP contribution in [0.1, 0.15) is 11.1 Å². The molecule has 1 heterocycles. The standard InChI is InChI=1S/C19H16BF2NO4/c1-26-19-11-14(6-9-18(19)25)4-7-16(24)12-17(27-20(21)22)8-5-15-3-2-10-23-13-15/h2-13,25H,1H3/b7-4+,8-5+,17-12-. The molecule has 5 nitrogen and oxygen atoms in total. The van der Waals surface area contributed by atoms with Crippen molar-refractivity contribution in [3.05, 3.63) is 77.8 Å². The van der Waals surface area contributed by atoms with Gasteiger partial charge in [0.2, 0.25) is 0 Å². The maximum atomic E-state index is 12.6. The number of carbonyl (C=O) groups excluding carboxylic acids is 1. The van der Waals surface area contributed by atoms with Crippen molar-refractivity contribution in [2.45, 2.75) is 0 Å². The van der Waals surface area contributed by atoms with Crippen LogP contribution in [0.3, 0.4) is 0 Å². The second kappa shape index (κ2) is 9.91. The van der Waals surface area contributed by atoms with Crippen molar-refractivity contribution in [2.75, 3.05) is 7.11 Å². The molecule has 0 aliphatic rings. The van der Waals surface area contributed by atoms with Gasteiger partial charge in [-0.15, -0.1) is 0 Å². The van der Waals surface area contributed by atoms with Crippen LogP contribution in [0.4, 0.5) is 8.63 Å². The van der Waals surface area contributed by atoms with E-state index in [-0.39, 0.29) is 17.3 Å². The first-order chi connectivity index (χ1) is 13.0. The summed E-state index contributed by atoms with van der Waals surface area (Å²) in [5.41, 5.74) is 1.26. The smallest absolute Gasteiger partial charge is 0.505 e. The molecule has 0 saturated carbocycles. The molecule has 0 unspecified atom stereocenters. The number of phenolic OH excluding ortho intramolecular Hbond substituents is 1. The number of aromatic nitrogens is 1. The van der Waals surface area contributed by atoms with E-state index in [0.717, 1.165) is 6.08 Å². The van der Waals surface area contributed by atoms with Crippen molar-refractivity contribution in [2.24, 2.45) is 0 Å². The highest BCUT2D eigenvalue weighted by Gasteiger charge is 2.18. The van der Waals surface area contributed by atoms with E-state index in [2.05, 4.69) is 9.64 Å². The van der Waals surface area contributed by atoms with Crippen molar-refractivity contribution in [1.29, 1.82) is 0 Å². The zero-order valence-electron chi connectivity index (χ0n) is 14.4. The van der Waals surface area contributed by atoms with E-state index in [9.17, 15) is 18.5 Å². The number of hydrogen-bond donors (Lipinski definition) is 1. The van der Waals surface area contributed by atoms with Gasteiger partial charge in [-0.25, -0.2) is 8.63 Å². The number of halogens is 2. The van der Waals surface area contributed by atoms with E-state index in [1.54, 1.807) is 24.4 Å². The third-order valence-electron chi connectivity index (χ3n) is 3.28. The molecule has 2 aromatic rings. The summed E-state index contributed by atoms with van der Waals surface area (Å²) in [4.78, 5) is 15.9. The van der Waals surface area contributed by atoms with Crippen molar-refractivity contribution in [3.63, 3.8) is 0 Å². The SMILES string of the molecule is COc1cc(/C=C/C(=O)/C=C(/C=C/c2cccnc2)OB(F)F)ccc1O.